The minimum atomic E-state index is -1.34. The Balaban J connectivity index is 1.93. The predicted molar refractivity (Wildman–Crippen MR) is 87.4 cm³/mol. The zero-order valence-corrected chi connectivity index (χ0v) is 13.2. The third kappa shape index (κ3) is 3.26. The zero-order valence-electron chi connectivity index (χ0n) is 12.4. The molecule has 2 aromatic rings. The van der Waals surface area contributed by atoms with Crippen LogP contribution in [0.15, 0.2) is 40.3 Å². The number of aromatic carboxylic acids is 1. The summed E-state index contributed by atoms with van der Waals surface area (Å²) in [7, 11) is 0. The molecule has 0 atom stereocenters. The van der Waals surface area contributed by atoms with E-state index in [1.807, 2.05) is 0 Å². The number of carbonyl (C=O) groups is 3. The van der Waals surface area contributed by atoms with E-state index in [2.05, 4.69) is 10.6 Å². The fourth-order valence-corrected chi connectivity index (χ4v) is 2.37. The molecule has 1 fully saturated rings. The van der Waals surface area contributed by atoms with Gasteiger partial charge in [0.15, 0.2) is 5.11 Å². The average molecular weight is 357 g/mol. The molecule has 0 unspecified atom stereocenters. The first-order chi connectivity index (χ1) is 11.8. The van der Waals surface area contributed by atoms with Gasteiger partial charge >= 0.3 is 5.97 Å². The first kappa shape index (κ1) is 16.4. The Morgan fingerprint density at radius 2 is 1.84 bits per heavy atom. The van der Waals surface area contributed by atoms with Crippen molar-refractivity contribution in [2.45, 2.75) is 0 Å². The maximum atomic E-state index is 11.8. The van der Waals surface area contributed by atoms with Crippen LogP contribution in [0.4, 0.5) is 0 Å². The quantitative estimate of drug-likeness (QED) is 0.417. The second kappa shape index (κ2) is 6.21. The molecule has 1 saturated heterocycles. The first-order valence-electron chi connectivity index (χ1n) is 6.88. The average Bonchev–Trinajstić information content (AvgIpc) is 2.99. The van der Waals surface area contributed by atoms with E-state index >= 15 is 0 Å². The zero-order chi connectivity index (χ0) is 18.1. The summed E-state index contributed by atoms with van der Waals surface area (Å²) < 4.78 is 5.51. The molecule has 1 aliphatic rings. The maximum Gasteiger partial charge on any atom is 0.335 e. The molecule has 3 N–H and O–H groups in total. The molecule has 1 aromatic heterocycles. The van der Waals surface area contributed by atoms with Crippen LogP contribution in [0.5, 0.6) is 5.75 Å². The van der Waals surface area contributed by atoms with Gasteiger partial charge in [-0.05, 0) is 36.5 Å². The molecule has 1 aliphatic heterocycles. The van der Waals surface area contributed by atoms with E-state index in [9.17, 15) is 19.5 Å². The summed E-state index contributed by atoms with van der Waals surface area (Å²) in [4.78, 5) is 34.6. The molecule has 3 rings (SSSR count). The van der Waals surface area contributed by atoms with Gasteiger partial charge in [-0.3, -0.25) is 20.2 Å². The van der Waals surface area contributed by atoms with Gasteiger partial charge in [0.1, 0.15) is 17.1 Å². The predicted octanol–water partition coefficient (Wildman–Crippen LogP) is 0.633. The Labute approximate surface area is 145 Å². The van der Waals surface area contributed by atoms with E-state index in [1.54, 1.807) is 0 Å². The Bertz CT molecular complexity index is 937. The van der Waals surface area contributed by atoms with Gasteiger partial charge in [0, 0.05) is 5.56 Å². The van der Waals surface area contributed by atoms with Gasteiger partial charge in [-0.1, -0.05) is 17.9 Å². The SMILES string of the molecule is O=C1NC(=S)NC(=O)C1=Cc1ccc(-c2ccc([O-])c(C(=O)O)c2)o1. The minimum absolute atomic E-state index is 0.0776. The number of carboxylic acids is 1. The Kier molecular flexibility index (Phi) is 4.07. The van der Waals surface area contributed by atoms with Gasteiger partial charge in [-0.15, -0.1) is 0 Å². The molecular formula is C16H9N2O6S-. The molecule has 1 aromatic carbocycles. The molecule has 126 valence electrons. The number of rotatable bonds is 3. The summed E-state index contributed by atoms with van der Waals surface area (Å²) in [6, 6.07) is 6.77. The largest absolute Gasteiger partial charge is 0.872 e. The second-order valence-corrected chi connectivity index (χ2v) is 5.42. The van der Waals surface area contributed by atoms with Crippen LogP contribution in [0.3, 0.4) is 0 Å². The molecule has 0 aliphatic carbocycles. The number of hydrogen-bond donors (Lipinski definition) is 3. The molecule has 8 nitrogen and oxygen atoms in total. The van der Waals surface area contributed by atoms with Crippen LogP contribution in [-0.2, 0) is 9.59 Å². The molecule has 0 saturated carbocycles. The van der Waals surface area contributed by atoms with Crippen molar-refractivity contribution in [3.05, 3.63) is 47.2 Å². The minimum Gasteiger partial charge on any atom is -0.872 e. The van der Waals surface area contributed by atoms with Crippen molar-refractivity contribution in [2.24, 2.45) is 0 Å². The fraction of sp³-hybridized carbons (Fsp3) is 0. The highest BCUT2D eigenvalue weighted by Gasteiger charge is 2.26. The monoisotopic (exact) mass is 357 g/mol. The van der Waals surface area contributed by atoms with Gasteiger partial charge < -0.3 is 14.6 Å². The van der Waals surface area contributed by atoms with E-state index in [4.69, 9.17) is 21.7 Å². The van der Waals surface area contributed by atoms with E-state index < -0.39 is 23.5 Å². The molecule has 2 heterocycles. The highest BCUT2D eigenvalue weighted by atomic mass is 32.1. The number of amides is 2. The maximum absolute atomic E-state index is 11.8. The smallest absolute Gasteiger partial charge is 0.335 e. The normalized spacial score (nSPS) is 14.1. The third-order valence-corrected chi connectivity index (χ3v) is 3.56. The van der Waals surface area contributed by atoms with Gasteiger partial charge in [-0.2, -0.15) is 0 Å². The molecule has 9 heteroatoms. The number of benzene rings is 1. The van der Waals surface area contributed by atoms with Crippen LogP contribution in [-0.4, -0.2) is 28.0 Å². The second-order valence-electron chi connectivity index (χ2n) is 5.01. The van der Waals surface area contributed by atoms with Crippen molar-refractivity contribution in [3.8, 4) is 17.1 Å². The molecule has 2 amide bonds. The van der Waals surface area contributed by atoms with Crippen LogP contribution in [0.25, 0.3) is 17.4 Å². The van der Waals surface area contributed by atoms with Crippen molar-refractivity contribution in [1.82, 2.24) is 10.6 Å². The number of carboxylic acid groups (broad SMARTS) is 1. The lowest BCUT2D eigenvalue weighted by Crippen LogP contribution is -2.51. The van der Waals surface area contributed by atoms with Crippen molar-refractivity contribution in [2.75, 3.05) is 0 Å². The number of thiocarbonyl (C=S) groups is 1. The lowest BCUT2D eigenvalue weighted by molar-refractivity contribution is -0.268. The molecular weight excluding hydrogens is 348 g/mol. The number of furan rings is 1. The lowest BCUT2D eigenvalue weighted by atomic mass is 10.1. The fourth-order valence-electron chi connectivity index (χ4n) is 2.18. The number of hydrogen-bond acceptors (Lipinski definition) is 6. The van der Waals surface area contributed by atoms with Crippen LogP contribution >= 0.6 is 12.2 Å². The summed E-state index contributed by atoms with van der Waals surface area (Å²) in [6.45, 7) is 0. The Morgan fingerprint density at radius 3 is 2.48 bits per heavy atom. The topological polar surface area (TPSA) is 132 Å². The molecule has 0 spiro atoms. The van der Waals surface area contributed by atoms with E-state index in [0.717, 1.165) is 6.07 Å². The van der Waals surface area contributed by atoms with E-state index in [0.29, 0.717) is 5.56 Å². The van der Waals surface area contributed by atoms with Crippen molar-refractivity contribution in [3.63, 3.8) is 0 Å². The van der Waals surface area contributed by atoms with Gasteiger partial charge in [0.05, 0.1) is 5.56 Å². The highest BCUT2D eigenvalue weighted by Crippen LogP contribution is 2.27. The first-order valence-corrected chi connectivity index (χ1v) is 7.29. The number of nitrogens with one attached hydrogen (secondary N) is 2. The van der Waals surface area contributed by atoms with Crippen LogP contribution < -0.4 is 15.7 Å². The van der Waals surface area contributed by atoms with Crippen LogP contribution in [0.1, 0.15) is 16.1 Å². The number of carbonyl (C=O) groups excluding carboxylic acids is 2. The third-order valence-electron chi connectivity index (χ3n) is 3.35. The van der Waals surface area contributed by atoms with Crippen molar-refractivity contribution >= 4 is 41.2 Å². The van der Waals surface area contributed by atoms with Crippen LogP contribution in [0, 0.1) is 0 Å². The van der Waals surface area contributed by atoms with Crippen LogP contribution in [0.2, 0.25) is 0 Å². The Morgan fingerprint density at radius 1 is 1.16 bits per heavy atom. The summed E-state index contributed by atoms with van der Waals surface area (Å²) in [5.41, 5.74) is -0.190. The van der Waals surface area contributed by atoms with Gasteiger partial charge in [0.2, 0.25) is 0 Å². The van der Waals surface area contributed by atoms with Gasteiger partial charge in [0.25, 0.3) is 11.8 Å². The Hall–Kier alpha value is -3.46. The molecule has 0 bridgehead atoms. The van der Waals surface area contributed by atoms with Crippen molar-refractivity contribution in [1.29, 1.82) is 0 Å². The van der Waals surface area contributed by atoms with E-state index in [1.165, 1.54) is 30.3 Å². The summed E-state index contributed by atoms with van der Waals surface area (Å²) in [5, 5.41) is 25.0. The highest BCUT2D eigenvalue weighted by molar-refractivity contribution is 7.80. The standard InChI is InChI=1S/C16H10N2O6S/c19-11-3-1-7(5-9(11)15(22)23)12-4-2-8(24-12)6-10-13(20)17-16(25)18-14(10)21/h1-6,19H,(H,22,23)(H2,17,18,20,21,25)/p-1. The van der Waals surface area contributed by atoms with Crippen molar-refractivity contribution < 1.29 is 29.0 Å². The summed E-state index contributed by atoms with van der Waals surface area (Å²) in [6.07, 6.45) is 1.23. The van der Waals surface area contributed by atoms with E-state index in [-0.39, 0.29) is 27.8 Å². The summed E-state index contributed by atoms with van der Waals surface area (Å²) in [5.74, 6) is -2.79. The summed E-state index contributed by atoms with van der Waals surface area (Å²) >= 11 is 4.70. The van der Waals surface area contributed by atoms with Gasteiger partial charge in [-0.25, -0.2) is 4.79 Å². The molecule has 0 radical (unpaired) electrons. The molecule has 25 heavy (non-hydrogen) atoms. The lowest BCUT2D eigenvalue weighted by Gasteiger charge is -2.15.